The van der Waals surface area contributed by atoms with E-state index >= 15 is 0 Å². The predicted octanol–water partition coefficient (Wildman–Crippen LogP) is 2.81. The summed E-state index contributed by atoms with van der Waals surface area (Å²) in [7, 11) is -3.29. The van der Waals surface area contributed by atoms with Crippen molar-refractivity contribution in [2.24, 2.45) is 0 Å². The number of rotatable bonds is 4. The monoisotopic (exact) mass is 382 g/mol. The Morgan fingerprint density at radius 2 is 1.73 bits per heavy atom. The Hall–Kier alpha value is -1.60. The van der Waals surface area contributed by atoms with Crippen LogP contribution >= 0.6 is 0 Å². The van der Waals surface area contributed by atoms with Gasteiger partial charge in [-0.15, -0.1) is 0 Å². The third-order valence-corrected chi connectivity index (χ3v) is 5.38. The summed E-state index contributed by atoms with van der Waals surface area (Å²) in [5.74, 6) is 0. The van der Waals surface area contributed by atoms with Crippen LogP contribution in [0.25, 0.3) is 0 Å². The molecular weight excluding hydrogens is 352 g/mol. The number of likely N-dealkylation sites (tertiary alicyclic amines) is 1. The number of hydrogen-bond acceptors (Lipinski definition) is 4. The third-order valence-electron chi connectivity index (χ3n) is 4.71. The van der Waals surface area contributed by atoms with E-state index in [1.165, 1.54) is 6.26 Å². The second kappa shape index (κ2) is 7.56. The molecule has 0 aromatic heterocycles. The van der Waals surface area contributed by atoms with Gasteiger partial charge in [0, 0.05) is 25.0 Å². The number of sulfonamides is 1. The second-order valence-corrected chi connectivity index (χ2v) is 10.0. The summed E-state index contributed by atoms with van der Waals surface area (Å²) in [6, 6.07) is 8.19. The largest absolute Gasteiger partial charge is 0.444 e. The van der Waals surface area contributed by atoms with Crippen LogP contribution in [0.15, 0.2) is 24.3 Å². The Morgan fingerprint density at radius 1 is 1.19 bits per heavy atom. The molecule has 0 bridgehead atoms. The van der Waals surface area contributed by atoms with Crippen LogP contribution < -0.4 is 4.72 Å². The van der Waals surface area contributed by atoms with Gasteiger partial charge in [0.1, 0.15) is 5.60 Å². The number of aryl methyl sites for hydroxylation is 1. The molecule has 7 heteroatoms. The van der Waals surface area contributed by atoms with Crippen molar-refractivity contribution in [1.82, 2.24) is 9.62 Å². The zero-order valence-electron chi connectivity index (χ0n) is 16.3. The molecule has 1 amide bonds. The van der Waals surface area contributed by atoms with Gasteiger partial charge in [0.05, 0.1) is 6.26 Å². The number of carbonyl (C=O) groups excluding carboxylic acids is 1. The van der Waals surface area contributed by atoms with Gasteiger partial charge in [-0.25, -0.2) is 17.9 Å². The second-order valence-electron chi connectivity index (χ2n) is 8.21. The predicted molar refractivity (Wildman–Crippen MR) is 103 cm³/mol. The first-order valence-electron chi connectivity index (χ1n) is 8.90. The van der Waals surface area contributed by atoms with Crippen LogP contribution in [-0.4, -0.2) is 50.9 Å². The number of benzene rings is 1. The van der Waals surface area contributed by atoms with E-state index in [2.05, 4.69) is 16.9 Å². The molecule has 6 nitrogen and oxygen atoms in total. The standard InChI is InChI=1S/C19H30N2O4S/c1-15-6-8-16(9-7-15)19(14-20-26(5,23)24)10-12-21(13-11-19)17(22)25-18(2,3)4/h6-9,20H,10-14H2,1-5H3. The van der Waals surface area contributed by atoms with Crippen molar-refractivity contribution in [3.05, 3.63) is 35.4 Å². The van der Waals surface area contributed by atoms with Crippen LogP contribution in [0, 0.1) is 6.92 Å². The highest BCUT2D eigenvalue weighted by molar-refractivity contribution is 7.88. The van der Waals surface area contributed by atoms with E-state index in [1.807, 2.05) is 39.8 Å². The smallest absolute Gasteiger partial charge is 0.410 e. The van der Waals surface area contributed by atoms with Crippen LogP contribution in [-0.2, 0) is 20.2 Å². The minimum atomic E-state index is -3.29. The molecule has 26 heavy (non-hydrogen) atoms. The maximum Gasteiger partial charge on any atom is 0.410 e. The average molecular weight is 383 g/mol. The molecule has 1 fully saturated rings. The Morgan fingerprint density at radius 3 is 2.19 bits per heavy atom. The number of carbonyl (C=O) groups is 1. The van der Waals surface area contributed by atoms with Crippen molar-refractivity contribution < 1.29 is 17.9 Å². The third kappa shape index (κ3) is 5.71. The van der Waals surface area contributed by atoms with Crippen LogP contribution in [0.5, 0.6) is 0 Å². The lowest BCUT2D eigenvalue weighted by atomic mass is 9.73. The summed E-state index contributed by atoms with van der Waals surface area (Å²) in [5.41, 5.74) is 1.41. The number of hydrogen-bond donors (Lipinski definition) is 1. The van der Waals surface area contributed by atoms with E-state index in [0.29, 0.717) is 32.5 Å². The molecular formula is C19H30N2O4S. The van der Waals surface area contributed by atoms with Crippen molar-refractivity contribution in [2.45, 2.75) is 51.6 Å². The van der Waals surface area contributed by atoms with E-state index in [0.717, 1.165) is 11.1 Å². The van der Waals surface area contributed by atoms with Gasteiger partial charge in [-0.3, -0.25) is 0 Å². The van der Waals surface area contributed by atoms with Crippen LogP contribution in [0.2, 0.25) is 0 Å². The Balaban J connectivity index is 2.17. The van der Waals surface area contributed by atoms with Gasteiger partial charge in [0.25, 0.3) is 0 Å². The molecule has 1 N–H and O–H groups in total. The van der Waals surface area contributed by atoms with Crippen LogP contribution in [0.3, 0.4) is 0 Å². The van der Waals surface area contributed by atoms with Crippen molar-refractivity contribution in [3.63, 3.8) is 0 Å². The SMILES string of the molecule is Cc1ccc(C2(CNS(C)(=O)=O)CCN(C(=O)OC(C)(C)C)CC2)cc1. The van der Waals surface area contributed by atoms with Gasteiger partial charge >= 0.3 is 6.09 Å². The van der Waals surface area contributed by atoms with Gasteiger partial charge in [-0.1, -0.05) is 29.8 Å². The Labute approximate surface area is 157 Å². The van der Waals surface area contributed by atoms with Crippen LogP contribution in [0.1, 0.15) is 44.7 Å². The average Bonchev–Trinajstić information content (AvgIpc) is 2.52. The maximum atomic E-state index is 12.3. The number of amides is 1. The van der Waals surface area contributed by atoms with E-state index in [-0.39, 0.29) is 11.5 Å². The summed E-state index contributed by atoms with van der Waals surface area (Å²) in [4.78, 5) is 14.0. The van der Waals surface area contributed by atoms with Gasteiger partial charge in [0.15, 0.2) is 0 Å². The van der Waals surface area contributed by atoms with Gasteiger partial charge in [0.2, 0.25) is 10.0 Å². The van der Waals surface area contributed by atoms with Crippen molar-refractivity contribution >= 4 is 16.1 Å². The summed E-state index contributed by atoms with van der Waals surface area (Å²) in [6.07, 6.45) is 2.22. The van der Waals surface area contributed by atoms with E-state index < -0.39 is 15.6 Å². The fourth-order valence-corrected chi connectivity index (χ4v) is 3.73. The number of nitrogens with one attached hydrogen (secondary N) is 1. The first-order chi connectivity index (χ1) is 11.9. The molecule has 0 spiro atoms. The first kappa shape index (κ1) is 20.7. The summed E-state index contributed by atoms with van der Waals surface area (Å²) in [6.45, 7) is 8.97. The fourth-order valence-electron chi connectivity index (χ4n) is 3.19. The molecule has 2 rings (SSSR count). The quantitative estimate of drug-likeness (QED) is 0.869. The molecule has 1 aliphatic rings. The lowest BCUT2D eigenvalue weighted by Gasteiger charge is -2.42. The molecule has 1 aromatic rings. The topological polar surface area (TPSA) is 75.7 Å². The molecule has 0 saturated carbocycles. The molecule has 0 aliphatic carbocycles. The molecule has 0 unspecified atom stereocenters. The van der Waals surface area contributed by atoms with E-state index in [1.54, 1.807) is 4.90 Å². The van der Waals surface area contributed by atoms with E-state index in [9.17, 15) is 13.2 Å². The van der Waals surface area contributed by atoms with Gasteiger partial charge in [-0.2, -0.15) is 0 Å². The molecule has 0 radical (unpaired) electrons. The number of ether oxygens (including phenoxy) is 1. The highest BCUT2D eigenvalue weighted by atomic mass is 32.2. The number of nitrogens with zero attached hydrogens (tertiary/aromatic N) is 1. The lowest BCUT2D eigenvalue weighted by Crippen LogP contribution is -2.51. The van der Waals surface area contributed by atoms with E-state index in [4.69, 9.17) is 4.74 Å². The molecule has 146 valence electrons. The van der Waals surface area contributed by atoms with Crippen LogP contribution in [0.4, 0.5) is 4.79 Å². The fraction of sp³-hybridized carbons (Fsp3) is 0.632. The number of piperidine rings is 1. The normalized spacial score (nSPS) is 17.8. The van der Waals surface area contributed by atoms with Gasteiger partial charge < -0.3 is 9.64 Å². The zero-order chi connectivity index (χ0) is 19.6. The van der Waals surface area contributed by atoms with Crippen molar-refractivity contribution in [3.8, 4) is 0 Å². The summed E-state index contributed by atoms with van der Waals surface area (Å²) < 4.78 is 31.4. The van der Waals surface area contributed by atoms with Crippen molar-refractivity contribution in [1.29, 1.82) is 0 Å². The molecule has 1 aliphatic heterocycles. The zero-order valence-corrected chi connectivity index (χ0v) is 17.1. The molecule has 1 aromatic carbocycles. The van der Waals surface area contributed by atoms with Crippen molar-refractivity contribution in [2.75, 3.05) is 25.9 Å². The maximum absolute atomic E-state index is 12.3. The summed E-state index contributed by atoms with van der Waals surface area (Å²) in [5, 5.41) is 0. The minimum Gasteiger partial charge on any atom is -0.444 e. The molecule has 0 atom stereocenters. The molecule has 1 saturated heterocycles. The van der Waals surface area contributed by atoms with Gasteiger partial charge in [-0.05, 0) is 46.1 Å². The molecule has 1 heterocycles. The summed E-state index contributed by atoms with van der Waals surface area (Å²) >= 11 is 0. The Bertz CT molecular complexity index is 728. The lowest BCUT2D eigenvalue weighted by molar-refractivity contribution is 0.0165. The first-order valence-corrected chi connectivity index (χ1v) is 10.8. The Kier molecular flexibility index (Phi) is 6.02. The highest BCUT2D eigenvalue weighted by Crippen LogP contribution is 2.36. The highest BCUT2D eigenvalue weighted by Gasteiger charge is 2.38. The minimum absolute atomic E-state index is 0.314.